The Kier molecular flexibility index (Phi) is 5.76. The summed E-state index contributed by atoms with van der Waals surface area (Å²) in [5.41, 5.74) is 0. The highest BCUT2D eigenvalue weighted by molar-refractivity contribution is 7.10. The number of nitrogens with one attached hydrogen (secondary N) is 1. The molecule has 1 saturated heterocycles. The first-order valence-electron chi connectivity index (χ1n) is 7.21. The summed E-state index contributed by atoms with van der Waals surface area (Å²) in [6, 6.07) is 3.83. The Morgan fingerprint density at radius 2 is 2.19 bits per heavy atom. The fourth-order valence-electron chi connectivity index (χ4n) is 2.60. The van der Waals surface area contributed by atoms with E-state index in [1.165, 1.54) is 11.3 Å². The van der Waals surface area contributed by atoms with E-state index in [4.69, 9.17) is 4.74 Å². The van der Waals surface area contributed by atoms with Crippen molar-refractivity contribution in [2.75, 3.05) is 19.8 Å². The van der Waals surface area contributed by atoms with Crippen LogP contribution in [0, 0.1) is 11.8 Å². The molecule has 2 unspecified atom stereocenters. The number of carbonyl (C=O) groups excluding carboxylic acids is 1. The third-order valence-corrected chi connectivity index (χ3v) is 5.07. The summed E-state index contributed by atoms with van der Waals surface area (Å²) in [5.74, 6) is -1.65. The van der Waals surface area contributed by atoms with Gasteiger partial charge in [0.2, 0.25) is 5.91 Å². The van der Waals surface area contributed by atoms with Crippen LogP contribution in [0.4, 0.5) is 0 Å². The first-order chi connectivity index (χ1) is 10.1. The van der Waals surface area contributed by atoms with E-state index in [1.54, 1.807) is 0 Å². The summed E-state index contributed by atoms with van der Waals surface area (Å²) in [6.07, 6.45) is 1.49. The van der Waals surface area contributed by atoms with Gasteiger partial charge >= 0.3 is 5.97 Å². The molecule has 6 heteroatoms. The molecule has 2 rings (SSSR count). The Hall–Kier alpha value is -1.40. The first kappa shape index (κ1) is 16.0. The van der Waals surface area contributed by atoms with Crippen molar-refractivity contribution in [3.05, 3.63) is 22.4 Å². The lowest BCUT2D eigenvalue weighted by Gasteiger charge is -2.28. The zero-order valence-corrected chi connectivity index (χ0v) is 12.9. The minimum Gasteiger partial charge on any atom is -0.481 e. The van der Waals surface area contributed by atoms with E-state index in [2.05, 4.69) is 5.32 Å². The molecule has 1 aromatic rings. The molecule has 2 atom stereocenters. The summed E-state index contributed by atoms with van der Waals surface area (Å²) in [6.45, 7) is 3.24. The predicted octanol–water partition coefficient (Wildman–Crippen LogP) is 2.10. The van der Waals surface area contributed by atoms with Gasteiger partial charge in [-0.15, -0.1) is 11.3 Å². The number of carboxylic acid groups (broad SMARTS) is 1. The number of hydrogen-bond donors (Lipinski definition) is 2. The molecule has 1 aliphatic rings. The summed E-state index contributed by atoms with van der Waals surface area (Å²) >= 11 is 1.53. The highest BCUT2D eigenvalue weighted by atomic mass is 32.1. The van der Waals surface area contributed by atoms with Crippen LogP contribution < -0.4 is 5.32 Å². The van der Waals surface area contributed by atoms with Crippen molar-refractivity contribution in [2.45, 2.75) is 25.7 Å². The van der Waals surface area contributed by atoms with Gasteiger partial charge in [-0.2, -0.15) is 0 Å². The fourth-order valence-corrected chi connectivity index (χ4v) is 3.39. The van der Waals surface area contributed by atoms with Crippen molar-refractivity contribution >= 4 is 23.2 Å². The molecule has 0 spiro atoms. The van der Waals surface area contributed by atoms with Crippen LogP contribution >= 0.6 is 11.3 Å². The van der Waals surface area contributed by atoms with Crippen LogP contribution in [0.15, 0.2) is 17.5 Å². The topological polar surface area (TPSA) is 75.6 Å². The largest absolute Gasteiger partial charge is 0.481 e. The highest BCUT2D eigenvalue weighted by Gasteiger charge is 2.30. The molecule has 0 aromatic carbocycles. The van der Waals surface area contributed by atoms with E-state index in [1.807, 2.05) is 24.4 Å². The summed E-state index contributed by atoms with van der Waals surface area (Å²) < 4.78 is 5.26. The van der Waals surface area contributed by atoms with Crippen LogP contribution in [0.1, 0.15) is 30.6 Å². The minimum atomic E-state index is -0.842. The third kappa shape index (κ3) is 4.28. The second kappa shape index (κ2) is 7.56. The van der Waals surface area contributed by atoms with E-state index in [9.17, 15) is 14.7 Å². The van der Waals surface area contributed by atoms with Crippen molar-refractivity contribution in [3.63, 3.8) is 0 Å². The summed E-state index contributed by atoms with van der Waals surface area (Å²) in [5, 5.41) is 14.1. The molecule has 1 amide bonds. The summed E-state index contributed by atoms with van der Waals surface area (Å²) in [7, 11) is 0. The van der Waals surface area contributed by atoms with Crippen molar-refractivity contribution in [3.8, 4) is 0 Å². The lowest BCUT2D eigenvalue weighted by molar-refractivity contribution is -0.145. The second-order valence-electron chi connectivity index (χ2n) is 5.38. The Morgan fingerprint density at radius 3 is 2.76 bits per heavy atom. The monoisotopic (exact) mass is 311 g/mol. The highest BCUT2D eigenvalue weighted by Crippen LogP contribution is 2.25. The average molecular weight is 311 g/mol. The first-order valence-corrected chi connectivity index (χ1v) is 8.09. The van der Waals surface area contributed by atoms with Gasteiger partial charge in [0.25, 0.3) is 0 Å². The van der Waals surface area contributed by atoms with E-state index in [0.717, 1.165) is 17.7 Å². The number of ether oxygens (including phenoxy) is 1. The van der Waals surface area contributed by atoms with Crippen LogP contribution in [0.25, 0.3) is 0 Å². The lowest BCUT2D eigenvalue weighted by atomic mass is 9.86. The zero-order valence-electron chi connectivity index (χ0n) is 12.1. The van der Waals surface area contributed by atoms with Gasteiger partial charge in [0.1, 0.15) is 0 Å². The Labute approximate surface area is 128 Å². The zero-order chi connectivity index (χ0) is 15.2. The van der Waals surface area contributed by atoms with Gasteiger partial charge in [0.05, 0.1) is 11.8 Å². The number of rotatable bonds is 6. The van der Waals surface area contributed by atoms with E-state index in [-0.39, 0.29) is 24.3 Å². The number of hydrogen-bond acceptors (Lipinski definition) is 4. The predicted molar refractivity (Wildman–Crippen MR) is 80.4 cm³/mol. The molecule has 21 heavy (non-hydrogen) atoms. The minimum absolute atomic E-state index is 0.0774. The molecule has 1 fully saturated rings. The summed E-state index contributed by atoms with van der Waals surface area (Å²) in [4.78, 5) is 24.5. The van der Waals surface area contributed by atoms with Gasteiger partial charge in [-0.1, -0.05) is 6.07 Å². The molecule has 0 saturated carbocycles. The number of carboxylic acids is 1. The van der Waals surface area contributed by atoms with Crippen molar-refractivity contribution in [1.82, 2.24) is 5.32 Å². The van der Waals surface area contributed by atoms with Crippen LogP contribution in [-0.4, -0.2) is 36.7 Å². The lowest BCUT2D eigenvalue weighted by Crippen LogP contribution is -2.40. The van der Waals surface area contributed by atoms with Crippen LogP contribution in [0.5, 0.6) is 0 Å². The molecule has 2 N–H and O–H groups in total. The maximum Gasteiger partial charge on any atom is 0.308 e. The number of carbonyl (C=O) groups is 2. The maximum absolute atomic E-state index is 12.1. The normalized spacial score (nSPS) is 18.9. The average Bonchev–Trinajstić information content (AvgIpc) is 3.01. The smallest absolute Gasteiger partial charge is 0.308 e. The number of thiophene rings is 1. The molecule has 0 aliphatic carbocycles. The Morgan fingerprint density at radius 1 is 1.48 bits per heavy atom. The molecule has 1 aromatic heterocycles. The van der Waals surface area contributed by atoms with E-state index >= 15 is 0 Å². The van der Waals surface area contributed by atoms with Crippen LogP contribution in [0.3, 0.4) is 0 Å². The van der Waals surface area contributed by atoms with Crippen molar-refractivity contribution < 1.29 is 19.4 Å². The van der Waals surface area contributed by atoms with Crippen molar-refractivity contribution in [2.24, 2.45) is 11.8 Å². The molecule has 1 aliphatic heterocycles. The third-order valence-electron chi connectivity index (χ3n) is 4.01. The Balaban J connectivity index is 1.89. The molecular weight excluding hydrogens is 290 g/mol. The second-order valence-corrected chi connectivity index (χ2v) is 6.36. The van der Waals surface area contributed by atoms with Crippen molar-refractivity contribution in [1.29, 1.82) is 0 Å². The van der Waals surface area contributed by atoms with Gasteiger partial charge in [-0.25, -0.2) is 0 Å². The van der Waals surface area contributed by atoms with E-state index < -0.39 is 11.9 Å². The quantitative estimate of drug-likeness (QED) is 0.843. The molecule has 116 valence electrons. The SMILES string of the molecule is CC(C(=O)NCC(C(=O)O)C1CCOCC1)c1cccs1. The standard InChI is InChI=1S/C15H21NO4S/c1-10(13-3-2-8-21-13)14(17)16-9-12(15(18)19)11-4-6-20-7-5-11/h2-3,8,10-12H,4-7,9H2,1H3,(H,16,17)(H,18,19). The molecule has 0 radical (unpaired) electrons. The van der Waals surface area contributed by atoms with E-state index in [0.29, 0.717) is 13.2 Å². The van der Waals surface area contributed by atoms with Gasteiger partial charge in [-0.05, 0) is 37.1 Å². The van der Waals surface area contributed by atoms with Gasteiger partial charge in [-0.3, -0.25) is 9.59 Å². The maximum atomic E-state index is 12.1. The van der Waals surface area contributed by atoms with Gasteiger partial charge < -0.3 is 15.2 Å². The molecule has 2 heterocycles. The number of amides is 1. The number of aliphatic carboxylic acids is 1. The molecule has 5 nitrogen and oxygen atoms in total. The van der Waals surface area contributed by atoms with Gasteiger partial charge in [0, 0.05) is 24.6 Å². The van der Waals surface area contributed by atoms with Crippen LogP contribution in [-0.2, 0) is 14.3 Å². The van der Waals surface area contributed by atoms with Crippen LogP contribution in [0.2, 0.25) is 0 Å². The molecule has 0 bridgehead atoms. The van der Waals surface area contributed by atoms with Gasteiger partial charge in [0.15, 0.2) is 0 Å². The fraction of sp³-hybridized carbons (Fsp3) is 0.600. The molecular formula is C15H21NO4S. The Bertz CT molecular complexity index is 468.